The number of alkyl halides is 3. The van der Waals surface area contributed by atoms with Crippen LogP contribution in [0.3, 0.4) is 0 Å². The van der Waals surface area contributed by atoms with Gasteiger partial charge < -0.3 is 15.5 Å². The average Bonchev–Trinajstić information content (AvgIpc) is 2.25. The van der Waals surface area contributed by atoms with Gasteiger partial charge in [0.15, 0.2) is 0 Å². The Morgan fingerprint density at radius 2 is 2.06 bits per heavy atom. The maximum atomic E-state index is 12.1. The molecule has 8 heteroatoms. The lowest BCUT2D eigenvalue weighted by Crippen LogP contribution is -2.23. The van der Waals surface area contributed by atoms with Gasteiger partial charge in [-0.3, -0.25) is 0 Å². The van der Waals surface area contributed by atoms with Gasteiger partial charge in [-0.1, -0.05) is 0 Å². The van der Waals surface area contributed by atoms with Gasteiger partial charge in [0, 0.05) is 21.6 Å². The number of benzene rings is 1. The molecule has 0 spiro atoms. The predicted octanol–water partition coefficient (Wildman–Crippen LogP) is 2.83. The van der Waals surface area contributed by atoms with Crippen molar-refractivity contribution in [2.45, 2.75) is 16.5 Å². The molecule has 1 aromatic carbocycles. The van der Waals surface area contributed by atoms with Crippen molar-refractivity contribution in [1.29, 1.82) is 0 Å². The molecule has 1 atom stereocenters. The Kier molecular flexibility index (Phi) is 5.77. The molecule has 3 nitrogen and oxygen atoms in total. The molecule has 0 radical (unpaired) electrons. The normalized spacial score (nSPS) is 13.4. The highest BCUT2D eigenvalue weighted by Gasteiger charge is 2.29. The SMILES string of the molecule is OCC(O)CNc1ccc(SC(F)(F)F)cc1Br. The summed E-state index contributed by atoms with van der Waals surface area (Å²) in [6.45, 7) is -0.270. The van der Waals surface area contributed by atoms with E-state index in [9.17, 15) is 13.2 Å². The molecule has 1 unspecified atom stereocenters. The quantitative estimate of drug-likeness (QED) is 0.718. The monoisotopic (exact) mass is 345 g/mol. The first-order valence-corrected chi connectivity index (χ1v) is 6.51. The fraction of sp³-hybridized carbons (Fsp3) is 0.400. The summed E-state index contributed by atoms with van der Waals surface area (Å²) in [5, 5.41) is 20.6. The smallest absolute Gasteiger partial charge is 0.394 e. The van der Waals surface area contributed by atoms with Gasteiger partial charge in [0.05, 0.1) is 12.7 Å². The standard InChI is InChI=1S/C10H11BrF3NO2S/c11-8-3-7(18-10(12,13)14)1-2-9(8)15-4-6(17)5-16/h1-3,6,15-17H,4-5H2. The van der Waals surface area contributed by atoms with Crippen LogP contribution in [0.4, 0.5) is 18.9 Å². The van der Waals surface area contributed by atoms with E-state index in [-0.39, 0.29) is 29.8 Å². The fourth-order valence-corrected chi connectivity index (χ4v) is 2.38. The molecule has 0 bridgehead atoms. The summed E-state index contributed by atoms with van der Waals surface area (Å²) < 4.78 is 36.9. The van der Waals surface area contributed by atoms with Crippen LogP contribution in [0.15, 0.2) is 27.6 Å². The Balaban J connectivity index is 2.68. The molecule has 0 amide bonds. The molecule has 0 aromatic heterocycles. The van der Waals surface area contributed by atoms with Crippen LogP contribution < -0.4 is 5.32 Å². The second-order valence-corrected chi connectivity index (χ2v) is 5.40. The van der Waals surface area contributed by atoms with Crippen molar-refractivity contribution in [3.63, 3.8) is 0 Å². The van der Waals surface area contributed by atoms with Crippen LogP contribution in [0.2, 0.25) is 0 Å². The Bertz CT molecular complexity index is 403. The minimum Gasteiger partial charge on any atom is -0.394 e. The zero-order valence-corrected chi connectivity index (χ0v) is 11.4. The van der Waals surface area contributed by atoms with Crippen LogP contribution in [-0.2, 0) is 0 Å². The lowest BCUT2D eigenvalue weighted by atomic mass is 10.3. The van der Waals surface area contributed by atoms with Crippen molar-refractivity contribution in [3.8, 4) is 0 Å². The molecule has 18 heavy (non-hydrogen) atoms. The summed E-state index contributed by atoms with van der Waals surface area (Å²) in [6, 6.07) is 4.14. The van der Waals surface area contributed by atoms with Crippen molar-refractivity contribution in [2.75, 3.05) is 18.5 Å². The zero-order chi connectivity index (χ0) is 13.8. The van der Waals surface area contributed by atoms with E-state index in [1.807, 2.05) is 0 Å². The van der Waals surface area contributed by atoms with Crippen molar-refractivity contribution >= 4 is 33.4 Å². The number of hydrogen-bond acceptors (Lipinski definition) is 4. The summed E-state index contributed by atoms with van der Waals surface area (Å²) in [5.41, 5.74) is -3.77. The van der Waals surface area contributed by atoms with Crippen LogP contribution in [0, 0.1) is 0 Å². The van der Waals surface area contributed by atoms with Gasteiger partial charge >= 0.3 is 5.51 Å². The van der Waals surface area contributed by atoms with Crippen molar-refractivity contribution < 1.29 is 23.4 Å². The van der Waals surface area contributed by atoms with Crippen LogP contribution in [-0.4, -0.2) is 35.0 Å². The van der Waals surface area contributed by atoms with E-state index in [4.69, 9.17) is 10.2 Å². The molecule has 0 saturated heterocycles. The first kappa shape index (κ1) is 15.6. The minimum atomic E-state index is -4.32. The van der Waals surface area contributed by atoms with Gasteiger partial charge in [-0.15, -0.1) is 0 Å². The maximum absolute atomic E-state index is 12.1. The van der Waals surface area contributed by atoms with Crippen LogP contribution in [0.1, 0.15) is 0 Å². The van der Waals surface area contributed by atoms with Crippen molar-refractivity contribution in [1.82, 2.24) is 0 Å². The molecule has 0 aliphatic heterocycles. The lowest BCUT2D eigenvalue weighted by Gasteiger charge is -2.13. The third-order valence-electron chi connectivity index (χ3n) is 1.91. The number of nitrogens with one attached hydrogen (secondary N) is 1. The van der Waals surface area contributed by atoms with E-state index in [0.717, 1.165) is 0 Å². The highest BCUT2D eigenvalue weighted by atomic mass is 79.9. The summed E-state index contributed by atoms with van der Waals surface area (Å²) in [6.07, 6.45) is -0.916. The Hall–Kier alpha value is -0.440. The predicted molar refractivity (Wildman–Crippen MR) is 67.6 cm³/mol. The minimum absolute atomic E-state index is 0.0719. The largest absolute Gasteiger partial charge is 0.446 e. The molecule has 0 aliphatic rings. The lowest BCUT2D eigenvalue weighted by molar-refractivity contribution is -0.0328. The zero-order valence-electron chi connectivity index (χ0n) is 9.04. The highest BCUT2D eigenvalue weighted by Crippen LogP contribution is 2.39. The van der Waals surface area contributed by atoms with Gasteiger partial charge in [0.2, 0.25) is 0 Å². The molecule has 3 N–H and O–H groups in total. The topological polar surface area (TPSA) is 52.5 Å². The van der Waals surface area contributed by atoms with E-state index >= 15 is 0 Å². The molecule has 0 aliphatic carbocycles. The summed E-state index contributed by atoms with van der Waals surface area (Å²) in [7, 11) is 0. The van der Waals surface area contributed by atoms with E-state index in [2.05, 4.69) is 21.2 Å². The van der Waals surface area contributed by atoms with Gasteiger partial charge in [-0.25, -0.2) is 0 Å². The van der Waals surface area contributed by atoms with E-state index in [1.165, 1.54) is 18.2 Å². The van der Waals surface area contributed by atoms with Crippen LogP contribution >= 0.6 is 27.7 Å². The number of halogens is 4. The van der Waals surface area contributed by atoms with Gasteiger partial charge in [0.1, 0.15) is 0 Å². The molecule has 0 heterocycles. The van der Waals surface area contributed by atoms with Gasteiger partial charge in [-0.05, 0) is 45.9 Å². The number of aliphatic hydroxyl groups excluding tert-OH is 2. The number of rotatable bonds is 5. The fourth-order valence-electron chi connectivity index (χ4n) is 1.13. The van der Waals surface area contributed by atoms with E-state index in [1.54, 1.807) is 0 Å². The maximum Gasteiger partial charge on any atom is 0.446 e. The third-order valence-corrected chi connectivity index (χ3v) is 3.29. The van der Waals surface area contributed by atoms with Gasteiger partial charge in [-0.2, -0.15) is 13.2 Å². The summed E-state index contributed by atoms with van der Waals surface area (Å²) >= 11 is 2.94. The Labute approximate surface area is 115 Å². The van der Waals surface area contributed by atoms with Crippen molar-refractivity contribution in [2.24, 2.45) is 0 Å². The number of anilines is 1. The molecule has 1 rings (SSSR count). The third kappa shape index (κ3) is 5.47. The average molecular weight is 346 g/mol. The number of hydrogen-bond donors (Lipinski definition) is 3. The van der Waals surface area contributed by atoms with E-state index in [0.29, 0.717) is 10.2 Å². The second kappa shape index (κ2) is 6.65. The van der Waals surface area contributed by atoms with Crippen LogP contribution in [0.5, 0.6) is 0 Å². The van der Waals surface area contributed by atoms with Crippen LogP contribution in [0.25, 0.3) is 0 Å². The molecule has 102 valence electrons. The first-order chi connectivity index (χ1) is 8.31. The number of aliphatic hydroxyl groups is 2. The molecule has 0 saturated carbocycles. The van der Waals surface area contributed by atoms with Gasteiger partial charge in [0.25, 0.3) is 0 Å². The molecular weight excluding hydrogens is 335 g/mol. The summed E-state index contributed by atoms with van der Waals surface area (Å²) in [4.78, 5) is 0.0719. The Morgan fingerprint density at radius 1 is 1.39 bits per heavy atom. The summed E-state index contributed by atoms with van der Waals surface area (Å²) in [5.74, 6) is 0. The molecular formula is C10H11BrF3NO2S. The second-order valence-electron chi connectivity index (χ2n) is 3.41. The molecule has 0 fully saturated rings. The first-order valence-electron chi connectivity index (χ1n) is 4.90. The van der Waals surface area contributed by atoms with Crippen molar-refractivity contribution in [3.05, 3.63) is 22.7 Å². The Morgan fingerprint density at radius 3 is 2.56 bits per heavy atom. The highest BCUT2D eigenvalue weighted by molar-refractivity contribution is 9.10. The number of thioether (sulfide) groups is 1. The van der Waals surface area contributed by atoms with E-state index < -0.39 is 11.6 Å². The molecule has 1 aromatic rings.